The Balaban J connectivity index is 1.76. The molecule has 2 aromatic heterocycles. The van der Waals surface area contributed by atoms with Crippen LogP contribution in [0.1, 0.15) is 18.4 Å². The first kappa shape index (κ1) is 17.1. The van der Waals surface area contributed by atoms with Crippen molar-refractivity contribution in [1.29, 1.82) is 0 Å². The molecular formula is C14H12ClN5O4S. The van der Waals surface area contributed by atoms with E-state index >= 15 is 0 Å². The Morgan fingerprint density at radius 1 is 1.52 bits per heavy atom. The van der Waals surface area contributed by atoms with Crippen molar-refractivity contribution in [2.75, 3.05) is 6.54 Å². The molecule has 0 aromatic carbocycles. The number of likely N-dealkylation sites (N-methyl/N-ethyl adjacent to an activating group) is 1. The number of nitro groups is 1. The van der Waals surface area contributed by atoms with E-state index in [4.69, 9.17) is 28.2 Å². The summed E-state index contributed by atoms with van der Waals surface area (Å²) < 4.78 is 6.92. The first-order valence-electron chi connectivity index (χ1n) is 7.19. The zero-order valence-corrected chi connectivity index (χ0v) is 14.5. The minimum Gasteiger partial charge on any atom is -0.460 e. The minimum atomic E-state index is -0.656. The third-order valence-electron chi connectivity index (χ3n) is 3.44. The second kappa shape index (κ2) is 6.65. The molecule has 3 rings (SSSR count). The maximum absolute atomic E-state index is 12.1. The van der Waals surface area contributed by atoms with Gasteiger partial charge in [-0.15, -0.1) is 0 Å². The van der Waals surface area contributed by atoms with Crippen LogP contribution in [0.3, 0.4) is 0 Å². The number of amides is 1. The van der Waals surface area contributed by atoms with Crippen molar-refractivity contribution in [3.63, 3.8) is 0 Å². The average Bonchev–Trinajstić information content (AvgIpc) is 3.20. The van der Waals surface area contributed by atoms with Gasteiger partial charge in [0.25, 0.3) is 5.91 Å². The number of carbonyl (C=O) groups is 1. The van der Waals surface area contributed by atoms with Crippen molar-refractivity contribution >= 4 is 46.7 Å². The van der Waals surface area contributed by atoms with Crippen molar-refractivity contribution in [2.24, 2.45) is 0 Å². The van der Waals surface area contributed by atoms with E-state index in [2.05, 4.69) is 10.4 Å². The Hall–Kier alpha value is -2.72. The number of furan rings is 1. The summed E-state index contributed by atoms with van der Waals surface area (Å²) in [5.41, 5.74) is 0.325. The number of carbonyl (C=O) groups excluding carboxylic acids is 1. The summed E-state index contributed by atoms with van der Waals surface area (Å²) in [4.78, 5) is 23.7. The van der Waals surface area contributed by atoms with E-state index in [0.29, 0.717) is 28.9 Å². The Kier molecular flexibility index (Phi) is 4.55. The van der Waals surface area contributed by atoms with Crippen molar-refractivity contribution in [1.82, 2.24) is 20.0 Å². The third kappa shape index (κ3) is 3.39. The van der Waals surface area contributed by atoms with Crippen molar-refractivity contribution in [3.05, 3.63) is 50.7 Å². The van der Waals surface area contributed by atoms with Crippen LogP contribution in [0.15, 0.2) is 28.4 Å². The van der Waals surface area contributed by atoms with Crippen LogP contribution in [0.2, 0.25) is 5.02 Å². The first-order chi connectivity index (χ1) is 11.9. The van der Waals surface area contributed by atoms with Gasteiger partial charge in [0.15, 0.2) is 10.1 Å². The predicted molar refractivity (Wildman–Crippen MR) is 92.8 cm³/mol. The molecule has 0 unspecified atom stereocenters. The van der Waals surface area contributed by atoms with E-state index in [1.165, 1.54) is 15.8 Å². The van der Waals surface area contributed by atoms with E-state index in [0.717, 1.165) is 0 Å². The van der Waals surface area contributed by atoms with Crippen LogP contribution in [-0.4, -0.2) is 37.2 Å². The second-order valence-corrected chi connectivity index (χ2v) is 5.89. The Morgan fingerprint density at radius 2 is 2.28 bits per heavy atom. The molecule has 0 saturated carbocycles. The van der Waals surface area contributed by atoms with E-state index in [1.54, 1.807) is 18.2 Å². The number of aromatic nitrogens is 2. The minimum absolute atomic E-state index is 0.0483. The van der Waals surface area contributed by atoms with Gasteiger partial charge in [-0.1, -0.05) is 11.6 Å². The zero-order chi connectivity index (χ0) is 18.1. The molecule has 11 heteroatoms. The lowest BCUT2D eigenvalue weighted by atomic mass is 10.3. The summed E-state index contributed by atoms with van der Waals surface area (Å²) in [6.45, 7) is 2.47. The highest BCUT2D eigenvalue weighted by Gasteiger charge is 2.29. The molecule has 0 spiro atoms. The summed E-state index contributed by atoms with van der Waals surface area (Å²) in [5.74, 6) is 0.310. The summed E-state index contributed by atoms with van der Waals surface area (Å²) in [7, 11) is 0. The molecule has 25 heavy (non-hydrogen) atoms. The molecule has 0 radical (unpaired) electrons. The zero-order valence-electron chi connectivity index (χ0n) is 12.9. The second-order valence-electron chi connectivity index (χ2n) is 5.10. The molecular weight excluding hydrogens is 370 g/mol. The largest absolute Gasteiger partial charge is 0.460 e. The van der Waals surface area contributed by atoms with E-state index in [9.17, 15) is 14.9 Å². The molecule has 1 amide bonds. The maximum Gasteiger partial charge on any atom is 0.408 e. The molecule has 1 aliphatic heterocycles. The van der Waals surface area contributed by atoms with Crippen molar-refractivity contribution in [2.45, 2.75) is 13.5 Å². The standard InChI is InChI=1S/C14H12ClN5O4S/c1-2-19-13(21)11(16-14(19)25)5-8-3-4-9(24-8)6-18-7-10(15)12(17-18)20(22)23/h3-5,7H,2,6H2,1H3,(H,16,25)/b11-5-. The fourth-order valence-electron chi connectivity index (χ4n) is 2.31. The number of nitrogens with one attached hydrogen (secondary N) is 1. The van der Waals surface area contributed by atoms with Crippen LogP contribution in [0.25, 0.3) is 6.08 Å². The molecule has 1 aliphatic rings. The highest BCUT2D eigenvalue weighted by Crippen LogP contribution is 2.22. The molecule has 1 fully saturated rings. The van der Waals surface area contributed by atoms with E-state index < -0.39 is 10.7 Å². The van der Waals surface area contributed by atoms with Crippen LogP contribution in [0.4, 0.5) is 5.82 Å². The van der Waals surface area contributed by atoms with Gasteiger partial charge in [0.05, 0.1) is 11.3 Å². The third-order valence-corrected chi connectivity index (χ3v) is 4.03. The Bertz CT molecular complexity index is 903. The molecule has 3 heterocycles. The lowest BCUT2D eigenvalue weighted by Gasteiger charge is -2.08. The summed E-state index contributed by atoms with van der Waals surface area (Å²) in [6, 6.07) is 3.36. The van der Waals surface area contributed by atoms with Crippen LogP contribution in [0, 0.1) is 10.1 Å². The van der Waals surface area contributed by atoms with Crippen LogP contribution in [-0.2, 0) is 11.3 Å². The number of hydrogen-bond donors (Lipinski definition) is 1. The fraction of sp³-hybridized carbons (Fsp3) is 0.214. The highest BCUT2D eigenvalue weighted by molar-refractivity contribution is 7.80. The fourth-order valence-corrected chi connectivity index (χ4v) is 2.85. The highest BCUT2D eigenvalue weighted by atomic mass is 35.5. The normalized spacial score (nSPS) is 15.9. The van der Waals surface area contributed by atoms with Crippen LogP contribution in [0.5, 0.6) is 0 Å². The molecule has 1 N–H and O–H groups in total. The number of nitrogens with zero attached hydrogens (tertiary/aromatic N) is 4. The molecule has 1 saturated heterocycles. The van der Waals surface area contributed by atoms with Gasteiger partial charge in [-0.25, -0.2) is 0 Å². The van der Waals surface area contributed by atoms with E-state index in [-0.39, 0.29) is 17.5 Å². The summed E-state index contributed by atoms with van der Waals surface area (Å²) in [5, 5.41) is 17.7. The van der Waals surface area contributed by atoms with Gasteiger partial charge < -0.3 is 19.8 Å². The van der Waals surface area contributed by atoms with Gasteiger partial charge in [0.1, 0.15) is 23.8 Å². The number of halogens is 1. The molecule has 0 aliphatic carbocycles. The van der Waals surface area contributed by atoms with E-state index in [1.807, 2.05) is 6.92 Å². The van der Waals surface area contributed by atoms with Crippen molar-refractivity contribution < 1.29 is 14.1 Å². The molecule has 0 bridgehead atoms. The smallest absolute Gasteiger partial charge is 0.408 e. The monoisotopic (exact) mass is 381 g/mol. The van der Waals surface area contributed by atoms with Crippen LogP contribution >= 0.6 is 23.8 Å². The molecule has 2 aromatic rings. The van der Waals surface area contributed by atoms with Gasteiger partial charge in [0, 0.05) is 12.6 Å². The van der Waals surface area contributed by atoms with Gasteiger partial charge >= 0.3 is 5.82 Å². The quantitative estimate of drug-likeness (QED) is 0.366. The summed E-state index contributed by atoms with van der Waals surface area (Å²) in [6.07, 6.45) is 2.90. The van der Waals surface area contributed by atoms with Gasteiger partial charge in [-0.05, 0) is 36.2 Å². The summed E-state index contributed by atoms with van der Waals surface area (Å²) >= 11 is 10.8. The molecule has 130 valence electrons. The van der Waals surface area contributed by atoms with Gasteiger partial charge in [-0.2, -0.15) is 4.68 Å². The molecule has 9 nitrogen and oxygen atoms in total. The number of thiocarbonyl (C=S) groups is 1. The van der Waals surface area contributed by atoms with Crippen LogP contribution < -0.4 is 5.32 Å². The Morgan fingerprint density at radius 3 is 2.88 bits per heavy atom. The van der Waals surface area contributed by atoms with Gasteiger partial charge in [0.2, 0.25) is 0 Å². The maximum atomic E-state index is 12.1. The first-order valence-corrected chi connectivity index (χ1v) is 7.98. The lowest BCUT2D eigenvalue weighted by Crippen LogP contribution is -2.30. The average molecular weight is 382 g/mol. The topological polar surface area (TPSA) is 106 Å². The number of hydrogen-bond acceptors (Lipinski definition) is 6. The lowest BCUT2D eigenvalue weighted by molar-refractivity contribution is -0.389. The SMILES string of the molecule is CCN1C(=O)/C(=C/c2ccc(Cn3cc(Cl)c([N+](=O)[O-])n3)o2)NC1=S. The van der Waals surface area contributed by atoms with Gasteiger partial charge in [-0.3, -0.25) is 9.69 Å². The van der Waals surface area contributed by atoms with Crippen molar-refractivity contribution in [3.8, 4) is 0 Å². The molecule has 0 atom stereocenters. The Labute approximate surface area is 152 Å². The number of rotatable bonds is 5. The predicted octanol–water partition coefficient (Wildman–Crippen LogP) is 2.16.